The predicted octanol–water partition coefficient (Wildman–Crippen LogP) is 2.39. The van der Waals surface area contributed by atoms with Crippen LogP contribution in [0.1, 0.15) is 60.0 Å². The zero-order chi connectivity index (χ0) is 18.1. The van der Waals surface area contributed by atoms with Crippen molar-refractivity contribution in [1.29, 1.82) is 0 Å². The van der Waals surface area contributed by atoms with E-state index in [-0.39, 0.29) is 5.91 Å². The molecule has 4 rings (SSSR count). The van der Waals surface area contributed by atoms with Gasteiger partial charge in [0, 0.05) is 56.9 Å². The van der Waals surface area contributed by atoms with Gasteiger partial charge in [-0.15, -0.1) is 0 Å². The van der Waals surface area contributed by atoms with Crippen molar-refractivity contribution in [2.75, 3.05) is 26.3 Å². The van der Waals surface area contributed by atoms with Crippen LogP contribution in [-0.2, 0) is 11.3 Å². The summed E-state index contributed by atoms with van der Waals surface area (Å²) < 4.78 is 9.67. The van der Waals surface area contributed by atoms with Gasteiger partial charge in [0.2, 0.25) is 0 Å². The van der Waals surface area contributed by atoms with E-state index in [1.54, 1.807) is 10.9 Å². The smallest absolute Gasteiger partial charge is 0.257 e. The maximum atomic E-state index is 12.8. The number of hydrogen-bond acceptors (Lipinski definition) is 4. The van der Waals surface area contributed by atoms with Gasteiger partial charge in [-0.3, -0.25) is 9.48 Å². The molecule has 140 valence electrons. The Kier molecular flexibility index (Phi) is 4.80. The van der Waals surface area contributed by atoms with Crippen LogP contribution in [0.2, 0.25) is 0 Å². The number of aryl methyl sites for hydroxylation is 2. The Morgan fingerprint density at radius 1 is 1.27 bits per heavy atom. The van der Waals surface area contributed by atoms with Gasteiger partial charge < -0.3 is 14.2 Å². The molecule has 2 aromatic heterocycles. The summed E-state index contributed by atoms with van der Waals surface area (Å²) in [5, 5.41) is 4.23. The number of carbonyl (C=O) groups excluding carboxylic acids is 1. The largest absolute Gasteiger partial charge is 0.381 e. The lowest BCUT2D eigenvalue weighted by molar-refractivity contribution is 0.0784. The first-order valence-electron chi connectivity index (χ1n) is 9.60. The van der Waals surface area contributed by atoms with Crippen molar-refractivity contribution in [2.45, 2.75) is 51.6 Å². The summed E-state index contributed by atoms with van der Waals surface area (Å²) in [7, 11) is 0. The molecule has 1 unspecified atom stereocenters. The molecule has 2 fully saturated rings. The minimum atomic E-state index is 0.0811. The molecule has 2 aliphatic heterocycles. The molecule has 0 N–H and O–H groups in total. The van der Waals surface area contributed by atoms with Crippen LogP contribution in [0.15, 0.2) is 18.6 Å². The summed E-state index contributed by atoms with van der Waals surface area (Å²) in [6.07, 6.45) is 8.52. The quantitative estimate of drug-likeness (QED) is 0.843. The highest BCUT2D eigenvalue weighted by atomic mass is 16.5. The normalized spacial score (nSPS) is 21.5. The van der Waals surface area contributed by atoms with E-state index in [9.17, 15) is 4.79 Å². The first-order chi connectivity index (χ1) is 12.7. The number of hydrogen-bond donors (Lipinski definition) is 0. The standard InChI is InChI=1S/C19H27N5O2/c1-3-23-12-16(11-21-23)19(25)22-7-4-17(13-22)24-14(2)10-20-18(24)15-5-8-26-9-6-15/h10-12,15,17H,3-9,13H2,1-2H3. The van der Waals surface area contributed by atoms with Gasteiger partial charge in [-0.05, 0) is 33.1 Å². The van der Waals surface area contributed by atoms with E-state index in [0.717, 1.165) is 52.1 Å². The topological polar surface area (TPSA) is 65.2 Å². The lowest BCUT2D eigenvalue weighted by Gasteiger charge is -2.26. The third kappa shape index (κ3) is 3.16. The van der Waals surface area contributed by atoms with Gasteiger partial charge in [0.05, 0.1) is 17.8 Å². The third-order valence-electron chi connectivity index (χ3n) is 5.62. The van der Waals surface area contributed by atoms with Crippen molar-refractivity contribution in [3.05, 3.63) is 35.7 Å². The van der Waals surface area contributed by atoms with Gasteiger partial charge in [0.15, 0.2) is 0 Å². The van der Waals surface area contributed by atoms with Gasteiger partial charge in [0.25, 0.3) is 5.91 Å². The van der Waals surface area contributed by atoms with Gasteiger partial charge >= 0.3 is 0 Å². The Morgan fingerprint density at radius 2 is 2.08 bits per heavy atom. The van der Waals surface area contributed by atoms with Gasteiger partial charge in [-0.1, -0.05) is 0 Å². The number of imidazole rings is 1. The van der Waals surface area contributed by atoms with Gasteiger partial charge in [-0.25, -0.2) is 4.98 Å². The molecule has 26 heavy (non-hydrogen) atoms. The second-order valence-electron chi connectivity index (χ2n) is 7.29. The average Bonchev–Trinajstić information content (AvgIpc) is 3.41. The molecule has 7 heteroatoms. The second kappa shape index (κ2) is 7.23. The lowest BCUT2D eigenvalue weighted by atomic mass is 9.99. The van der Waals surface area contributed by atoms with Crippen LogP contribution < -0.4 is 0 Å². The molecule has 2 aromatic rings. The van der Waals surface area contributed by atoms with E-state index in [1.807, 2.05) is 24.2 Å². The Labute approximate surface area is 154 Å². The summed E-state index contributed by atoms with van der Waals surface area (Å²) in [5.41, 5.74) is 1.86. The maximum Gasteiger partial charge on any atom is 0.257 e. The van der Waals surface area contributed by atoms with Crippen LogP contribution >= 0.6 is 0 Å². The predicted molar refractivity (Wildman–Crippen MR) is 97.2 cm³/mol. The second-order valence-corrected chi connectivity index (χ2v) is 7.29. The highest BCUT2D eigenvalue weighted by molar-refractivity contribution is 5.93. The van der Waals surface area contributed by atoms with E-state index >= 15 is 0 Å². The van der Waals surface area contributed by atoms with E-state index in [4.69, 9.17) is 9.72 Å². The van der Waals surface area contributed by atoms with Gasteiger partial charge in [0.1, 0.15) is 5.82 Å². The van der Waals surface area contributed by atoms with E-state index < -0.39 is 0 Å². The fourth-order valence-corrected chi connectivity index (χ4v) is 4.16. The summed E-state index contributed by atoms with van der Waals surface area (Å²) in [6, 6.07) is 0.306. The third-order valence-corrected chi connectivity index (χ3v) is 5.62. The molecule has 0 radical (unpaired) electrons. The van der Waals surface area contributed by atoms with Crippen molar-refractivity contribution in [3.8, 4) is 0 Å². The van der Waals surface area contributed by atoms with Crippen LogP contribution in [0.3, 0.4) is 0 Å². The highest BCUT2D eigenvalue weighted by Crippen LogP contribution is 2.32. The molecule has 4 heterocycles. The van der Waals surface area contributed by atoms with Crippen LogP contribution in [-0.4, -0.2) is 56.4 Å². The van der Waals surface area contributed by atoms with Crippen molar-refractivity contribution in [1.82, 2.24) is 24.2 Å². The van der Waals surface area contributed by atoms with Crippen molar-refractivity contribution >= 4 is 5.91 Å². The lowest BCUT2D eigenvalue weighted by Crippen LogP contribution is -2.29. The van der Waals surface area contributed by atoms with E-state index in [1.165, 1.54) is 11.5 Å². The number of aromatic nitrogens is 4. The fraction of sp³-hybridized carbons (Fsp3) is 0.632. The maximum absolute atomic E-state index is 12.8. The zero-order valence-corrected chi connectivity index (χ0v) is 15.6. The Morgan fingerprint density at radius 3 is 2.81 bits per heavy atom. The molecular formula is C19H27N5O2. The molecule has 0 bridgehead atoms. The van der Waals surface area contributed by atoms with E-state index in [0.29, 0.717) is 17.5 Å². The molecule has 0 aliphatic carbocycles. The van der Waals surface area contributed by atoms with Gasteiger partial charge in [-0.2, -0.15) is 5.10 Å². The van der Waals surface area contributed by atoms with Crippen LogP contribution in [0, 0.1) is 6.92 Å². The number of ether oxygens (including phenoxy) is 1. The first kappa shape index (κ1) is 17.3. The van der Waals surface area contributed by atoms with Crippen LogP contribution in [0.25, 0.3) is 0 Å². The molecule has 1 atom stereocenters. The molecular weight excluding hydrogens is 330 g/mol. The van der Waals surface area contributed by atoms with E-state index in [2.05, 4.69) is 16.6 Å². The monoisotopic (exact) mass is 357 g/mol. The van der Waals surface area contributed by atoms with Crippen molar-refractivity contribution < 1.29 is 9.53 Å². The minimum Gasteiger partial charge on any atom is -0.381 e. The Balaban J connectivity index is 1.50. The number of rotatable bonds is 4. The molecule has 1 amide bonds. The molecule has 2 aliphatic rings. The van der Waals surface area contributed by atoms with Crippen LogP contribution in [0.5, 0.6) is 0 Å². The summed E-state index contributed by atoms with van der Waals surface area (Å²) in [5.74, 6) is 1.71. The highest BCUT2D eigenvalue weighted by Gasteiger charge is 2.32. The number of nitrogens with zero attached hydrogens (tertiary/aromatic N) is 5. The minimum absolute atomic E-state index is 0.0811. The molecule has 7 nitrogen and oxygen atoms in total. The molecule has 2 saturated heterocycles. The molecule has 0 saturated carbocycles. The summed E-state index contributed by atoms with van der Waals surface area (Å²) >= 11 is 0. The van der Waals surface area contributed by atoms with Crippen LogP contribution in [0.4, 0.5) is 0 Å². The SMILES string of the molecule is CCn1cc(C(=O)N2CCC(n3c(C)cnc3C3CCOCC3)C2)cn1. The van der Waals surface area contributed by atoms with Crippen molar-refractivity contribution in [2.24, 2.45) is 0 Å². The zero-order valence-electron chi connectivity index (χ0n) is 15.6. The average molecular weight is 357 g/mol. The summed E-state index contributed by atoms with van der Waals surface area (Å²) in [6.45, 7) is 8.06. The number of amides is 1. The molecule has 0 spiro atoms. The number of carbonyl (C=O) groups is 1. The Hall–Kier alpha value is -2.15. The fourth-order valence-electron chi connectivity index (χ4n) is 4.16. The Bertz CT molecular complexity index is 775. The summed E-state index contributed by atoms with van der Waals surface area (Å²) in [4.78, 5) is 19.5. The van der Waals surface area contributed by atoms with Crippen molar-refractivity contribution in [3.63, 3.8) is 0 Å². The first-order valence-corrected chi connectivity index (χ1v) is 9.60. The number of likely N-dealkylation sites (tertiary alicyclic amines) is 1. The molecule has 0 aromatic carbocycles.